The van der Waals surface area contributed by atoms with Crippen LogP contribution < -0.4 is 10.6 Å². The highest BCUT2D eigenvalue weighted by Gasteiger charge is 2.32. The molecular formula is C12H24N2O2. The van der Waals surface area contributed by atoms with E-state index in [2.05, 4.69) is 17.6 Å². The predicted molar refractivity (Wildman–Crippen MR) is 64.1 cm³/mol. The number of likely N-dealkylation sites (N-methyl/N-ethyl adjacent to an activating group) is 1. The molecule has 0 saturated heterocycles. The molecule has 0 spiro atoms. The molecule has 1 amide bonds. The van der Waals surface area contributed by atoms with Crippen molar-refractivity contribution in [3.8, 4) is 0 Å². The molecule has 0 aliphatic heterocycles. The van der Waals surface area contributed by atoms with Crippen molar-refractivity contribution < 1.29 is 9.90 Å². The lowest BCUT2D eigenvalue weighted by molar-refractivity contribution is -0.120. The van der Waals surface area contributed by atoms with E-state index in [1.165, 1.54) is 6.42 Å². The summed E-state index contributed by atoms with van der Waals surface area (Å²) in [5, 5.41) is 15.8. The monoisotopic (exact) mass is 228 g/mol. The molecule has 16 heavy (non-hydrogen) atoms. The molecule has 0 unspecified atom stereocenters. The second-order valence-corrected chi connectivity index (χ2v) is 4.85. The summed E-state index contributed by atoms with van der Waals surface area (Å²) in [7, 11) is 1.62. The minimum atomic E-state index is -0.598. The average molecular weight is 228 g/mol. The number of carbonyl (C=O) groups excluding carboxylic acids is 1. The average Bonchev–Trinajstić information content (AvgIpc) is 2.30. The molecule has 0 heterocycles. The fraction of sp³-hybridized carbons (Fsp3) is 0.917. The third-order valence-electron chi connectivity index (χ3n) is 3.63. The molecule has 1 aliphatic carbocycles. The first-order chi connectivity index (χ1) is 7.59. The van der Waals surface area contributed by atoms with Gasteiger partial charge in [0.05, 0.1) is 12.1 Å². The van der Waals surface area contributed by atoms with Crippen LogP contribution in [0.25, 0.3) is 0 Å². The van der Waals surface area contributed by atoms with Gasteiger partial charge in [0.2, 0.25) is 5.91 Å². The van der Waals surface area contributed by atoms with E-state index in [1.54, 1.807) is 7.05 Å². The van der Waals surface area contributed by atoms with E-state index in [4.69, 9.17) is 0 Å². The van der Waals surface area contributed by atoms with E-state index < -0.39 is 5.60 Å². The number of amides is 1. The predicted octanol–water partition coefficient (Wildman–Crippen LogP) is 0.653. The van der Waals surface area contributed by atoms with Crippen LogP contribution in [0, 0.1) is 5.92 Å². The van der Waals surface area contributed by atoms with Crippen molar-refractivity contribution in [1.82, 2.24) is 10.6 Å². The van der Waals surface area contributed by atoms with Gasteiger partial charge in [-0.15, -0.1) is 0 Å². The van der Waals surface area contributed by atoms with Crippen molar-refractivity contribution in [3.05, 3.63) is 0 Å². The Bertz CT molecular complexity index is 223. The van der Waals surface area contributed by atoms with Crippen LogP contribution in [-0.2, 0) is 4.79 Å². The standard InChI is InChI=1S/C12H24N2O2/c1-3-10-4-6-12(16,7-5-10)9-14-8-11(15)13-2/h10,14,16H,3-9H2,1-2H3,(H,13,15). The molecule has 0 aromatic heterocycles. The van der Waals surface area contributed by atoms with Crippen molar-refractivity contribution in [3.63, 3.8) is 0 Å². The highest BCUT2D eigenvalue weighted by atomic mass is 16.3. The summed E-state index contributed by atoms with van der Waals surface area (Å²) in [5.74, 6) is 0.741. The lowest BCUT2D eigenvalue weighted by Gasteiger charge is -2.35. The molecule has 0 radical (unpaired) electrons. The molecule has 4 nitrogen and oxygen atoms in total. The normalized spacial score (nSPS) is 30.1. The van der Waals surface area contributed by atoms with E-state index in [0.717, 1.165) is 31.6 Å². The van der Waals surface area contributed by atoms with Gasteiger partial charge < -0.3 is 15.7 Å². The molecule has 0 aromatic rings. The highest BCUT2D eigenvalue weighted by Crippen LogP contribution is 2.33. The van der Waals surface area contributed by atoms with Crippen LogP contribution in [0.1, 0.15) is 39.0 Å². The molecular weight excluding hydrogens is 204 g/mol. The van der Waals surface area contributed by atoms with Gasteiger partial charge in [0.1, 0.15) is 0 Å². The van der Waals surface area contributed by atoms with Crippen molar-refractivity contribution in [2.45, 2.75) is 44.6 Å². The fourth-order valence-electron chi connectivity index (χ4n) is 2.30. The van der Waals surface area contributed by atoms with Crippen LogP contribution >= 0.6 is 0 Å². The van der Waals surface area contributed by atoms with Crippen molar-refractivity contribution in [1.29, 1.82) is 0 Å². The van der Waals surface area contributed by atoms with Gasteiger partial charge in [0, 0.05) is 13.6 Å². The maximum Gasteiger partial charge on any atom is 0.233 e. The molecule has 0 bridgehead atoms. The van der Waals surface area contributed by atoms with Gasteiger partial charge in [-0.05, 0) is 31.6 Å². The zero-order chi connectivity index (χ0) is 12.0. The van der Waals surface area contributed by atoms with E-state index in [1.807, 2.05) is 0 Å². The van der Waals surface area contributed by atoms with Crippen LogP contribution in [0.3, 0.4) is 0 Å². The van der Waals surface area contributed by atoms with Gasteiger partial charge in [-0.2, -0.15) is 0 Å². The first-order valence-electron chi connectivity index (χ1n) is 6.23. The number of hydrogen-bond donors (Lipinski definition) is 3. The molecule has 0 aromatic carbocycles. The second kappa shape index (κ2) is 6.21. The smallest absolute Gasteiger partial charge is 0.233 e. The SMILES string of the molecule is CCC1CCC(O)(CNCC(=O)NC)CC1. The van der Waals surface area contributed by atoms with Crippen LogP contribution in [0.5, 0.6) is 0 Å². The number of hydrogen-bond acceptors (Lipinski definition) is 3. The van der Waals surface area contributed by atoms with E-state index in [-0.39, 0.29) is 12.5 Å². The van der Waals surface area contributed by atoms with Crippen LogP contribution in [0.4, 0.5) is 0 Å². The summed E-state index contributed by atoms with van der Waals surface area (Å²) in [5.41, 5.74) is -0.598. The van der Waals surface area contributed by atoms with Gasteiger partial charge in [-0.25, -0.2) is 0 Å². The zero-order valence-electron chi connectivity index (χ0n) is 10.4. The molecule has 94 valence electrons. The van der Waals surface area contributed by atoms with Gasteiger partial charge in [0.15, 0.2) is 0 Å². The molecule has 3 N–H and O–H groups in total. The largest absolute Gasteiger partial charge is 0.389 e. The Morgan fingerprint density at radius 3 is 2.56 bits per heavy atom. The first kappa shape index (κ1) is 13.5. The lowest BCUT2D eigenvalue weighted by atomic mass is 9.78. The Kier molecular flexibility index (Phi) is 5.22. The number of aliphatic hydroxyl groups is 1. The summed E-state index contributed by atoms with van der Waals surface area (Å²) >= 11 is 0. The Hall–Kier alpha value is -0.610. The Morgan fingerprint density at radius 2 is 2.06 bits per heavy atom. The number of rotatable bonds is 5. The van der Waals surface area contributed by atoms with Gasteiger partial charge in [0.25, 0.3) is 0 Å². The Labute approximate surface area is 97.8 Å². The van der Waals surface area contributed by atoms with Crippen molar-refractivity contribution >= 4 is 5.91 Å². The minimum Gasteiger partial charge on any atom is -0.389 e. The zero-order valence-corrected chi connectivity index (χ0v) is 10.4. The summed E-state index contributed by atoms with van der Waals surface area (Å²) in [6.07, 6.45) is 5.13. The molecule has 1 fully saturated rings. The Balaban J connectivity index is 2.23. The van der Waals surface area contributed by atoms with Gasteiger partial charge >= 0.3 is 0 Å². The Morgan fingerprint density at radius 1 is 1.44 bits per heavy atom. The van der Waals surface area contributed by atoms with Crippen molar-refractivity contribution in [2.75, 3.05) is 20.1 Å². The van der Waals surface area contributed by atoms with Crippen LogP contribution in [0.15, 0.2) is 0 Å². The fourth-order valence-corrected chi connectivity index (χ4v) is 2.30. The van der Waals surface area contributed by atoms with Gasteiger partial charge in [-0.1, -0.05) is 13.3 Å². The lowest BCUT2D eigenvalue weighted by Crippen LogP contribution is -2.45. The quantitative estimate of drug-likeness (QED) is 0.647. The van der Waals surface area contributed by atoms with Crippen LogP contribution in [0.2, 0.25) is 0 Å². The molecule has 0 atom stereocenters. The highest BCUT2D eigenvalue weighted by molar-refractivity contribution is 5.77. The molecule has 1 aliphatic rings. The maximum atomic E-state index is 11.0. The topological polar surface area (TPSA) is 61.4 Å². The van der Waals surface area contributed by atoms with Gasteiger partial charge in [-0.3, -0.25) is 4.79 Å². The van der Waals surface area contributed by atoms with Crippen molar-refractivity contribution in [2.24, 2.45) is 5.92 Å². The second-order valence-electron chi connectivity index (χ2n) is 4.85. The molecule has 1 saturated carbocycles. The summed E-state index contributed by atoms with van der Waals surface area (Å²) in [4.78, 5) is 11.0. The van der Waals surface area contributed by atoms with E-state index in [0.29, 0.717) is 6.54 Å². The summed E-state index contributed by atoms with van der Waals surface area (Å²) in [6.45, 7) is 3.02. The number of carbonyl (C=O) groups is 1. The summed E-state index contributed by atoms with van der Waals surface area (Å²) < 4.78 is 0. The summed E-state index contributed by atoms with van der Waals surface area (Å²) in [6, 6.07) is 0. The van der Waals surface area contributed by atoms with E-state index in [9.17, 15) is 9.90 Å². The third kappa shape index (κ3) is 4.10. The molecule has 4 heteroatoms. The maximum absolute atomic E-state index is 11.0. The third-order valence-corrected chi connectivity index (χ3v) is 3.63. The minimum absolute atomic E-state index is 0.0363. The first-order valence-corrected chi connectivity index (χ1v) is 6.23. The van der Waals surface area contributed by atoms with Crippen LogP contribution in [-0.4, -0.2) is 36.8 Å². The number of nitrogens with one attached hydrogen (secondary N) is 2. The van der Waals surface area contributed by atoms with E-state index >= 15 is 0 Å². The molecule has 1 rings (SSSR count).